The number of hydrogen-bond acceptors (Lipinski definition) is 1. The molecule has 104 valence electrons. The fourth-order valence-corrected chi connectivity index (χ4v) is 2.49. The van der Waals surface area contributed by atoms with Crippen LogP contribution in [0.1, 0.15) is 6.42 Å². The Bertz CT molecular complexity index is 243. The van der Waals surface area contributed by atoms with Gasteiger partial charge in [0.2, 0.25) is 0 Å². The first-order chi connectivity index (χ1) is 7.36. The first kappa shape index (κ1) is 17.6. The highest BCUT2D eigenvalue weighted by molar-refractivity contribution is 7.64. The van der Waals surface area contributed by atoms with Gasteiger partial charge in [0, 0.05) is 0 Å². The minimum absolute atomic E-state index is 0.0727. The Labute approximate surface area is 108 Å². The van der Waals surface area contributed by atoms with Gasteiger partial charge in [0.05, 0.1) is 6.61 Å². The van der Waals surface area contributed by atoms with E-state index in [0.717, 1.165) is 0 Å². The van der Waals surface area contributed by atoms with Gasteiger partial charge in [-0.2, -0.15) is 22.0 Å². The molecule has 0 saturated heterocycles. The molecule has 0 aromatic carbocycles. The molecule has 1 nitrogen and oxygen atoms in total. The third kappa shape index (κ3) is 7.61. The van der Waals surface area contributed by atoms with Crippen LogP contribution in [0.15, 0.2) is 0 Å². The Balaban J connectivity index is 4.11. The van der Waals surface area contributed by atoms with Crippen LogP contribution in [0.4, 0.5) is 26.3 Å². The lowest BCUT2D eigenvalue weighted by Crippen LogP contribution is -2.43. The highest BCUT2D eigenvalue weighted by Gasteiger charge is 2.58. The van der Waals surface area contributed by atoms with Crippen molar-refractivity contribution >= 4 is 39.2 Å². The maximum absolute atomic E-state index is 12.5. The molecule has 0 fully saturated rings. The van der Waals surface area contributed by atoms with Gasteiger partial charge >= 0.3 is 18.3 Å². The molecule has 0 N–H and O–H groups in total. The summed E-state index contributed by atoms with van der Waals surface area (Å²) in [6.45, 7) is -0.829. The topological polar surface area (TPSA) is 9.23 Å². The van der Waals surface area contributed by atoms with E-state index in [4.69, 9.17) is 33.2 Å². The van der Waals surface area contributed by atoms with Crippen molar-refractivity contribution in [3.63, 3.8) is 0 Å². The van der Waals surface area contributed by atoms with Crippen molar-refractivity contribution in [2.24, 2.45) is 0 Å². The summed E-state index contributed by atoms with van der Waals surface area (Å²) in [4.78, 5) is 0. The van der Waals surface area contributed by atoms with E-state index in [1.165, 1.54) is 0 Å². The lowest BCUT2D eigenvalue weighted by atomic mass is 10.3. The molecule has 0 heterocycles. The predicted molar refractivity (Wildman–Crippen MR) is 54.6 cm³/mol. The maximum atomic E-state index is 12.5. The van der Waals surface area contributed by atoms with E-state index in [2.05, 4.69) is 4.74 Å². The molecule has 0 bridgehead atoms. The molecule has 0 aromatic heterocycles. The molecular formula is C6H7Cl3F6OSi. The van der Waals surface area contributed by atoms with Crippen molar-refractivity contribution in [2.45, 2.75) is 30.9 Å². The quantitative estimate of drug-likeness (QED) is 0.298. The Morgan fingerprint density at radius 3 is 1.88 bits per heavy atom. The normalized spacial score (nSPS) is 16.1. The zero-order valence-electron chi connectivity index (χ0n) is 8.01. The van der Waals surface area contributed by atoms with Crippen LogP contribution in [0.25, 0.3) is 0 Å². The minimum Gasteiger partial charge on any atom is -0.318 e. The molecular weight excluding hydrogens is 336 g/mol. The van der Waals surface area contributed by atoms with Crippen LogP contribution in [-0.2, 0) is 4.74 Å². The van der Waals surface area contributed by atoms with Crippen molar-refractivity contribution in [1.29, 1.82) is 0 Å². The number of ether oxygens (including phenoxy) is 1. The number of alkyl halides is 6. The van der Waals surface area contributed by atoms with E-state index in [-0.39, 0.29) is 12.5 Å². The van der Waals surface area contributed by atoms with Gasteiger partial charge in [-0.05, 0) is 12.5 Å². The van der Waals surface area contributed by atoms with E-state index < -0.39 is 31.1 Å². The third-order valence-electron chi connectivity index (χ3n) is 1.48. The zero-order valence-corrected chi connectivity index (χ0v) is 11.3. The molecule has 0 aliphatic heterocycles. The Morgan fingerprint density at radius 2 is 1.53 bits per heavy atom. The smallest absolute Gasteiger partial charge is 0.318 e. The van der Waals surface area contributed by atoms with Gasteiger partial charge in [-0.15, -0.1) is 33.2 Å². The molecule has 0 rings (SSSR count). The second-order valence-corrected chi connectivity index (χ2v) is 12.3. The number of rotatable bonds is 6. The van der Waals surface area contributed by atoms with Gasteiger partial charge in [0.1, 0.15) is 0 Å². The fraction of sp³-hybridized carbons (Fsp3) is 1.00. The molecule has 1 unspecified atom stereocenters. The highest BCUT2D eigenvalue weighted by atomic mass is 35.8. The molecule has 0 radical (unpaired) electrons. The van der Waals surface area contributed by atoms with E-state index in [1.54, 1.807) is 0 Å². The van der Waals surface area contributed by atoms with Gasteiger partial charge in [-0.1, -0.05) is 0 Å². The van der Waals surface area contributed by atoms with Gasteiger partial charge in [-0.25, -0.2) is 4.39 Å². The second-order valence-electron chi connectivity index (χ2n) is 3.03. The summed E-state index contributed by atoms with van der Waals surface area (Å²) in [7, 11) is 0. The minimum atomic E-state index is -5.69. The summed E-state index contributed by atoms with van der Waals surface area (Å²) in [6, 6.07) is -3.11. The van der Waals surface area contributed by atoms with Crippen LogP contribution in [0, 0.1) is 0 Å². The number of hydrogen-bond donors (Lipinski definition) is 0. The number of halogens is 9. The maximum Gasteiger partial charge on any atom is 0.428 e. The van der Waals surface area contributed by atoms with Crippen LogP contribution < -0.4 is 0 Å². The van der Waals surface area contributed by atoms with Crippen molar-refractivity contribution in [1.82, 2.24) is 0 Å². The molecule has 0 aliphatic rings. The summed E-state index contributed by atoms with van der Waals surface area (Å²) >= 11 is 16.2. The Hall–Kier alpha value is 0.627. The third-order valence-corrected chi connectivity index (χ3v) is 4.10. The van der Waals surface area contributed by atoms with Crippen molar-refractivity contribution in [3.8, 4) is 0 Å². The summed E-state index contributed by atoms with van der Waals surface area (Å²) < 4.78 is 75.8. The average molecular weight is 344 g/mol. The fourth-order valence-electron chi connectivity index (χ4n) is 0.745. The standard InChI is InChI=1S/C6H7Cl3F6OSi/c7-17(8,9)3-1-2-16-6(14,15)4(10)5(11,12)13/h4H,1-3H2. The lowest BCUT2D eigenvalue weighted by Gasteiger charge is -2.22. The predicted octanol–water partition coefficient (Wildman–Crippen LogP) is 4.54. The van der Waals surface area contributed by atoms with E-state index in [0.29, 0.717) is 0 Å². The van der Waals surface area contributed by atoms with Crippen molar-refractivity contribution in [2.75, 3.05) is 6.61 Å². The molecule has 0 saturated carbocycles. The largest absolute Gasteiger partial charge is 0.428 e. The zero-order chi connectivity index (χ0) is 13.9. The molecule has 1 atom stereocenters. The molecule has 0 aromatic rings. The summed E-state index contributed by atoms with van der Waals surface area (Å²) in [5.74, 6) is 0. The molecule has 0 spiro atoms. The molecule has 11 heteroatoms. The first-order valence-corrected chi connectivity index (χ1v) is 9.40. The molecule has 0 aliphatic carbocycles. The van der Waals surface area contributed by atoms with Gasteiger partial charge in [-0.3, -0.25) is 0 Å². The van der Waals surface area contributed by atoms with Crippen molar-refractivity contribution in [3.05, 3.63) is 0 Å². The Kier molecular flexibility index (Phi) is 6.41. The van der Waals surface area contributed by atoms with E-state index in [9.17, 15) is 26.3 Å². The second kappa shape index (κ2) is 6.18. The monoisotopic (exact) mass is 342 g/mol. The lowest BCUT2D eigenvalue weighted by molar-refractivity contribution is -0.335. The SMILES string of the molecule is FC(C(F)(F)F)C(F)(F)OCCC[Si](Cl)(Cl)Cl. The molecule has 17 heavy (non-hydrogen) atoms. The van der Waals surface area contributed by atoms with Crippen LogP contribution in [-0.4, -0.2) is 31.1 Å². The van der Waals surface area contributed by atoms with Gasteiger partial charge in [0.15, 0.2) is 0 Å². The van der Waals surface area contributed by atoms with Crippen LogP contribution in [0.5, 0.6) is 0 Å². The summed E-state index contributed by atoms with van der Waals surface area (Å²) in [5.41, 5.74) is 0. The van der Waals surface area contributed by atoms with Gasteiger partial charge < -0.3 is 4.74 Å². The Morgan fingerprint density at radius 1 is 1.06 bits per heavy atom. The first-order valence-electron chi connectivity index (χ1n) is 4.15. The van der Waals surface area contributed by atoms with E-state index >= 15 is 0 Å². The van der Waals surface area contributed by atoms with Crippen molar-refractivity contribution < 1.29 is 31.1 Å². The van der Waals surface area contributed by atoms with Crippen LogP contribution >= 0.6 is 33.2 Å². The molecule has 0 amide bonds. The summed E-state index contributed by atoms with van der Waals surface area (Å²) in [6.07, 6.45) is -15.2. The van der Waals surface area contributed by atoms with E-state index in [1.807, 2.05) is 0 Å². The van der Waals surface area contributed by atoms with Crippen LogP contribution in [0.3, 0.4) is 0 Å². The highest BCUT2D eigenvalue weighted by Crippen LogP contribution is 2.36. The summed E-state index contributed by atoms with van der Waals surface area (Å²) in [5, 5.41) is 0. The van der Waals surface area contributed by atoms with Gasteiger partial charge in [0.25, 0.3) is 6.17 Å². The average Bonchev–Trinajstić information content (AvgIpc) is 2.08. The van der Waals surface area contributed by atoms with Crippen LogP contribution in [0.2, 0.25) is 6.04 Å².